The van der Waals surface area contributed by atoms with Gasteiger partial charge < -0.3 is 24.8 Å². The molecule has 0 saturated carbocycles. The molecule has 0 radical (unpaired) electrons. The molecule has 1 unspecified atom stereocenters. The van der Waals surface area contributed by atoms with E-state index in [1.165, 1.54) is 26.4 Å². The van der Waals surface area contributed by atoms with Gasteiger partial charge in [0, 0.05) is 11.8 Å². The maximum Gasteiger partial charge on any atom is 0.337 e. The van der Waals surface area contributed by atoms with Gasteiger partial charge in [-0.3, -0.25) is 10.1 Å². The van der Waals surface area contributed by atoms with Gasteiger partial charge in [-0.15, -0.1) is 0 Å². The van der Waals surface area contributed by atoms with Crippen LogP contribution in [0.3, 0.4) is 0 Å². The Balaban J connectivity index is 2.07. The van der Waals surface area contributed by atoms with Crippen molar-refractivity contribution in [3.05, 3.63) is 74.0 Å². The number of benzene rings is 2. The summed E-state index contributed by atoms with van der Waals surface area (Å²) < 4.78 is 16.1. The fourth-order valence-corrected chi connectivity index (χ4v) is 3.64. The van der Waals surface area contributed by atoms with E-state index in [9.17, 15) is 19.7 Å². The van der Waals surface area contributed by atoms with Crippen molar-refractivity contribution in [1.82, 2.24) is 10.6 Å². The molecule has 0 bridgehead atoms. The highest BCUT2D eigenvalue weighted by molar-refractivity contribution is 5.95. The molecule has 1 atom stereocenters. The van der Waals surface area contributed by atoms with E-state index in [1.807, 2.05) is 32.0 Å². The molecule has 0 fully saturated rings. The first-order valence-corrected chi connectivity index (χ1v) is 10.1. The number of nitrogens with zero attached hydrogens (tertiary/aromatic N) is 1. The van der Waals surface area contributed by atoms with Gasteiger partial charge in [0.05, 0.1) is 30.8 Å². The number of allylic oxidation sites excluding steroid dienone is 1. The molecule has 0 aromatic heterocycles. The van der Waals surface area contributed by atoms with E-state index in [2.05, 4.69) is 10.6 Å². The average Bonchev–Trinajstić information content (AvgIpc) is 2.78. The summed E-state index contributed by atoms with van der Waals surface area (Å²) in [6.45, 7) is 5.52. The molecular formula is C23H25N3O7. The molecule has 1 heterocycles. The van der Waals surface area contributed by atoms with Gasteiger partial charge in [0.1, 0.15) is 6.61 Å². The first-order chi connectivity index (χ1) is 15.7. The van der Waals surface area contributed by atoms with Gasteiger partial charge in [0.15, 0.2) is 5.75 Å². The van der Waals surface area contributed by atoms with E-state index < -0.39 is 23.0 Å². The van der Waals surface area contributed by atoms with Gasteiger partial charge >= 0.3 is 17.7 Å². The zero-order valence-corrected chi connectivity index (χ0v) is 19.0. The Morgan fingerprint density at radius 3 is 2.52 bits per heavy atom. The minimum Gasteiger partial charge on any atom is -0.493 e. The number of carbonyl (C=O) groups excluding carboxylic acids is 2. The SMILES string of the molecule is COC(=O)C1=C(C)NC(=O)NC1c1cc(OC)c(OCc2cc(C)ccc2C)c([N+](=O)[O-])c1. The van der Waals surface area contributed by atoms with Crippen molar-refractivity contribution in [1.29, 1.82) is 0 Å². The number of ether oxygens (including phenoxy) is 3. The van der Waals surface area contributed by atoms with Crippen molar-refractivity contribution in [2.75, 3.05) is 14.2 Å². The molecule has 3 rings (SSSR count). The monoisotopic (exact) mass is 455 g/mol. The second-order valence-electron chi connectivity index (χ2n) is 7.61. The van der Waals surface area contributed by atoms with Crippen molar-refractivity contribution in [2.24, 2.45) is 0 Å². The topological polar surface area (TPSA) is 129 Å². The van der Waals surface area contributed by atoms with Crippen LogP contribution in [0.15, 0.2) is 41.6 Å². The van der Waals surface area contributed by atoms with Crippen LogP contribution in [0.5, 0.6) is 11.5 Å². The number of esters is 1. The van der Waals surface area contributed by atoms with Gasteiger partial charge in [-0.2, -0.15) is 0 Å². The summed E-state index contributed by atoms with van der Waals surface area (Å²) in [6.07, 6.45) is 0. The highest BCUT2D eigenvalue weighted by Gasteiger charge is 2.34. The standard InChI is InChI=1S/C23H25N3O7/c1-12-6-7-13(2)16(8-12)11-33-21-17(26(29)30)9-15(10-18(21)31-4)20-19(22(27)32-5)14(3)24-23(28)25-20/h6-10,20H,11H2,1-5H3,(H2,24,25,28). The van der Waals surface area contributed by atoms with Crippen molar-refractivity contribution in [3.8, 4) is 11.5 Å². The van der Waals surface area contributed by atoms with Crippen molar-refractivity contribution >= 4 is 17.7 Å². The summed E-state index contributed by atoms with van der Waals surface area (Å²) in [5, 5.41) is 17.0. The molecule has 10 heteroatoms. The molecule has 2 N–H and O–H groups in total. The van der Waals surface area contributed by atoms with E-state index >= 15 is 0 Å². The summed E-state index contributed by atoms with van der Waals surface area (Å²) >= 11 is 0. The van der Waals surface area contributed by atoms with Crippen LogP contribution in [-0.2, 0) is 16.1 Å². The lowest BCUT2D eigenvalue weighted by molar-refractivity contribution is -0.386. The molecule has 174 valence electrons. The maximum absolute atomic E-state index is 12.4. The number of aryl methyl sites for hydroxylation is 2. The third kappa shape index (κ3) is 4.89. The highest BCUT2D eigenvalue weighted by atomic mass is 16.6. The first kappa shape index (κ1) is 23.6. The molecule has 0 spiro atoms. The summed E-state index contributed by atoms with van der Waals surface area (Å²) in [4.78, 5) is 35.8. The number of nitro benzene ring substituents is 1. The summed E-state index contributed by atoms with van der Waals surface area (Å²) in [7, 11) is 2.57. The van der Waals surface area contributed by atoms with Gasteiger partial charge in [-0.05, 0) is 43.5 Å². The normalized spacial score (nSPS) is 15.4. The van der Waals surface area contributed by atoms with E-state index in [4.69, 9.17) is 14.2 Å². The number of nitro groups is 1. The number of nitrogens with one attached hydrogen (secondary N) is 2. The number of hydrogen-bond acceptors (Lipinski definition) is 7. The van der Waals surface area contributed by atoms with Crippen molar-refractivity contribution in [2.45, 2.75) is 33.4 Å². The molecule has 1 aliphatic heterocycles. The predicted molar refractivity (Wildman–Crippen MR) is 119 cm³/mol. The number of rotatable bonds is 7. The Hall–Kier alpha value is -4.08. The lowest BCUT2D eigenvalue weighted by Crippen LogP contribution is -2.45. The number of urea groups is 1. The van der Waals surface area contributed by atoms with Crippen LogP contribution >= 0.6 is 0 Å². The van der Waals surface area contributed by atoms with Crippen LogP contribution < -0.4 is 20.1 Å². The number of amides is 2. The Bertz CT molecular complexity index is 1160. The second-order valence-corrected chi connectivity index (χ2v) is 7.61. The Labute approximate surface area is 190 Å². The van der Waals surface area contributed by atoms with Crippen LogP contribution in [0.25, 0.3) is 0 Å². The minimum absolute atomic E-state index is 0.0484. The van der Waals surface area contributed by atoms with Gasteiger partial charge in [0.2, 0.25) is 5.75 Å². The van der Waals surface area contributed by atoms with Crippen molar-refractivity contribution < 1.29 is 28.7 Å². The van der Waals surface area contributed by atoms with Crippen LogP contribution in [0, 0.1) is 24.0 Å². The maximum atomic E-state index is 12.4. The Morgan fingerprint density at radius 2 is 1.88 bits per heavy atom. The number of methoxy groups -OCH3 is 2. The van der Waals surface area contributed by atoms with Crippen molar-refractivity contribution in [3.63, 3.8) is 0 Å². The number of hydrogen-bond donors (Lipinski definition) is 2. The summed E-state index contributed by atoms with van der Waals surface area (Å²) in [6, 6.07) is 7.09. The smallest absolute Gasteiger partial charge is 0.337 e. The van der Waals surface area contributed by atoms with Gasteiger partial charge in [-0.25, -0.2) is 9.59 Å². The first-order valence-electron chi connectivity index (χ1n) is 10.1. The molecule has 0 saturated heterocycles. The average molecular weight is 455 g/mol. The number of carbonyl (C=O) groups is 2. The third-order valence-electron chi connectivity index (χ3n) is 5.36. The molecule has 33 heavy (non-hydrogen) atoms. The molecule has 1 aliphatic rings. The summed E-state index contributed by atoms with van der Waals surface area (Å²) in [5.74, 6) is -0.631. The van der Waals surface area contributed by atoms with E-state index in [1.54, 1.807) is 6.92 Å². The zero-order chi connectivity index (χ0) is 24.3. The fraction of sp³-hybridized carbons (Fsp3) is 0.304. The van der Waals surface area contributed by atoms with E-state index in [0.29, 0.717) is 0 Å². The van der Waals surface area contributed by atoms with Crippen LogP contribution in [-0.4, -0.2) is 31.1 Å². The van der Waals surface area contributed by atoms with E-state index in [0.717, 1.165) is 16.7 Å². The largest absolute Gasteiger partial charge is 0.493 e. The molecule has 2 amide bonds. The lowest BCUT2D eigenvalue weighted by atomic mass is 9.94. The quantitative estimate of drug-likeness (QED) is 0.371. The predicted octanol–water partition coefficient (Wildman–Crippen LogP) is 3.60. The van der Waals surface area contributed by atoms with Gasteiger partial charge in [0.25, 0.3) is 0 Å². The third-order valence-corrected chi connectivity index (χ3v) is 5.36. The van der Waals surface area contributed by atoms with Crippen LogP contribution in [0.1, 0.15) is 35.2 Å². The fourth-order valence-electron chi connectivity index (χ4n) is 3.64. The van der Waals surface area contributed by atoms with E-state index in [-0.39, 0.29) is 40.6 Å². The van der Waals surface area contributed by atoms with Gasteiger partial charge in [-0.1, -0.05) is 23.8 Å². The lowest BCUT2D eigenvalue weighted by Gasteiger charge is -2.28. The molecular weight excluding hydrogens is 430 g/mol. The Morgan fingerprint density at radius 1 is 1.15 bits per heavy atom. The zero-order valence-electron chi connectivity index (χ0n) is 19.0. The molecule has 2 aromatic carbocycles. The Kier molecular flexibility index (Phi) is 6.86. The van der Waals surface area contributed by atoms with Crippen LogP contribution in [0.2, 0.25) is 0 Å². The highest BCUT2D eigenvalue weighted by Crippen LogP contribution is 2.42. The minimum atomic E-state index is -0.980. The molecule has 10 nitrogen and oxygen atoms in total. The second kappa shape index (κ2) is 9.60. The molecule has 2 aromatic rings. The van der Waals surface area contributed by atoms with Crippen LogP contribution in [0.4, 0.5) is 10.5 Å². The summed E-state index contributed by atoms with van der Waals surface area (Å²) in [5.41, 5.74) is 3.23. The molecule has 0 aliphatic carbocycles.